The zero-order valence-electron chi connectivity index (χ0n) is 19.5. The van der Waals surface area contributed by atoms with Crippen LogP contribution in [0.1, 0.15) is 24.4 Å². The average molecular weight is 528 g/mol. The van der Waals surface area contributed by atoms with E-state index >= 15 is 0 Å². The van der Waals surface area contributed by atoms with Gasteiger partial charge in [-0.2, -0.15) is 0 Å². The van der Waals surface area contributed by atoms with Gasteiger partial charge in [0.1, 0.15) is 5.75 Å². The molecule has 2 amide bonds. The average Bonchev–Trinajstić information content (AvgIpc) is 3.54. The number of amides is 2. The van der Waals surface area contributed by atoms with Crippen LogP contribution in [0.2, 0.25) is 5.02 Å². The maximum absolute atomic E-state index is 13.5. The molecule has 9 nitrogen and oxygen atoms in total. The Balaban J connectivity index is 1.40. The smallest absolute Gasteiger partial charge is 0.325 e. The molecular weight excluding hydrogens is 502 g/mol. The van der Waals surface area contributed by atoms with E-state index in [1.165, 1.54) is 10.5 Å². The molecule has 0 spiro atoms. The van der Waals surface area contributed by atoms with Gasteiger partial charge in [-0.05, 0) is 54.8 Å². The Morgan fingerprint density at radius 3 is 2.56 bits per heavy atom. The van der Waals surface area contributed by atoms with Crippen molar-refractivity contribution in [2.45, 2.75) is 18.9 Å². The van der Waals surface area contributed by atoms with E-state index in [-0.39, 0.29) is 24.4 Å². The van der Waals surface area contributed by atoms with E-state index in [2.05, 4.69) is 9.97 Å². The SMILES string of the molecule is O=C1N(CCS(=O)(=O)N2CCCC2)C[C@H](c2cccc(Oc3cnccn3)c2)N1c1ccc(Cl)cc1. The van der Waals surface area contributed by atoms with Gasteiger partial charge >= 0.3 is 6.03 Å². The van der Waals surface area contributed by atoms with Gasteiger partial charge in [-0.3, -0.25) is 9.88 Å². The van der Waals surface area contributed by atoms with Crippen molar-refractivity contribution in [1.82, 2.24) is 19.2 Å². The highest BCUT2D eigenvalue weighted by Crippen LogP contribution is 2.36. The van der Waals surface area contributed by atoms with Crippen molar-refractivity contribution < 1.29 is 17.9 Å². The van der Waals surface area contributed by atoms with Crippen molar-refractivity contribution in [3.63, 3.8) is 0 Å². The molecule has 0 saturated carbocycles. The number of halogens is 1. The molecule has 1 atom stereocenters. The molecule has 3 heterocycles. The molecule has 2 aromatic carbocycles. The maximum Gasteiger partial charge on any atom is 0.325 e. The molecule has 0 aliphatic carbocycles. The van der Waals surface area contributed by atoms with Crippen LogP contribution in [0.4, 0.5) is 10.5 Å². The predicted octanol–water partition coefficient (Wildman–Crippen LogP) is 4.33. The minimum atomic E-state index is -3.41. The highest BCUT2D eigenvalue weighted by molar-refractivity contribution is 7.89. The number of carbonyl (C=O) groups is 1. The van der Waals surface area contributed by atoms with E-state index in [1.54, 1.807) is 46.5 Å². The van der Waals surface area contributed by atoms with Crippen LogP contribution in [0.3, 0.4) is 0 Å². The van der Waals surface area contributed by atoms with E-state index < -0.39 is 10.0 Å². The second kappa shape index (κ2) is 10.4. The Morgan fingerprint density at radius 2 is 1.83 bits per heavy atom. The van der Waals surface area contributed by atoms with Gasteiger partial charge in [0.15, 0.2) is 0 Å². The van der Waals surface area contributed by atoms with E-state index in [4.69, 9.17) is 16.3 Å². The highest BCUT2D eigenvalue weighted by Gasteiger charge is 2.40. The second-order valence-corrected chi connectivity index (χ2v) is 11.3. The summed E-state index contributed by atoms with van der Waals surface area (Å²) >= 11 is 6.08. The summed E-state index contributed by atoms with van der Waals surface area (Å²) in [5.74, 6) is 0.822. The van der Waals surface area contributed by atoms with Gasteiger partial charge < -0.3 is 9.64 Å². The summed E-state index contributed by atoms with van der Waals surface area (Å²) in [6.07, 6.45) is 6.39. The van der Waals surface area contributed by atoms with Gasteiger partial charge in [0, 0.05) is 49.3 Å². The van der Waals surface area contributed by atoms with Crippen LogP contribution in [0.15, 0.2) is 67.1 Å². The van der Waals surface area contributed by atoms with Crippen LogP contribution in [0, 0.1) is 0 Å². The molecule has 0 N–H and O–H groups in total. The molecule has 36 heavy (non-hydrogen) atoms. The highest BCUT2D eigenvalue weighted by atomic mass is 35.5. The molecule has 2 aliphatic heterocycles. The molecule has 1 aromatic heterocycles. The van der Waals surface area contributed by atoms with Gasteiger partial charge in [-0.25, -0.2) is 22.5 Å². The predicted molar refractivity (Wildman–Crippen MR) is 137 cm³/mol. The first-order chi connectivity index (χ1) is 17.4. The molecule has 5 rings (SSSR count). The third-order valence-corrected chi connectivity index (χ3v) is 8.47. The van der Waals surface area contributed by atoms with Crippen LogP contribution < -0.4 is 9.64 Å². The molecule has 2 fully saturated rings. The Labute approximate surface area is 215 Å². The summed E-state index contributed by atoms with van der Waals surface area (Å²) in [7, 11) is -3.41. The van der Waals surface area contributed by atoms with Gasteiger partial charge in [-0.15, -0.1) is 0 Å². The first kappa shape index (κ1) is 24.5. The largest absolute Gasteiger partial charge is 0.437 e. The summed E-state index contributed by atoms with van der Waals surface area (Å²) in [6, 6.07) is 13.9. The zero-order chi connectivity index (χ0) is 25.1. The summed E-state index contributed by atoms with van der Waals surface area (Å²) < 4.78 is 32.9. The Bertz CT molecular complexity index is 1320. The molecular formula is C25H26ClN5O4S. The van der Waals surface area contributed by atoms with E-state index in [0.29, 0.717) is 42.0 Å². The fraction of sp³-hybridized carbons (Fsp3) is 0.320. The molecule has 2 aliphatic rings. The van der Waals surface area contributed by atoms with Crippen LogP contribution in [-0.2, 0) is 10.0 Å². The van der Waals surface area contributed by atoms with E-state index in [1.807, 2.05) is 24.3 Å². The Kier molecular flexibility index (Phi) is 7.08. The maximum atomic E-state index is 13.5. The third-order valence-electron chi connectivity index (χ3n) is 6.37. The van der Waals surface area contributed by atoms with E-state index in [9.17, 15) is 13.2 Å². The monoisotopic (exact) mass is 527 g/mol. The molecule has 3 aromatic rings. The third kappa shape index (κ3) is 5.30. The normalized spacial score (nSPS) is 18.7. The zero-order valence-corrected chi connectivity index (χ0v) is 21.1. The number of hydrogen-bond acceptors (Lipinski definition) is 6. The van der Waals surface area contributed by atoms with Crippen LogP contribution >= 0.6 is 11.6 Å². The first-order valence-electron chi connectivity index (χ1n) is 11.8. The van der Waals surface area contributed by atoms with Crippen molar-refractivity contribution >= 4 is 33.3 Å². The topological polar surface area (TPSA) is 95.9 Å². The number of rotatable bonds is 8. The number of carbonyl (C=O) groups excluding carboxylic acids is 1. The fourth-order valence-electron chi connectivity index (χ4n) is 4.55. The fourth-order valence-corrected chi connectivity index (χ4v) is 6.20. The summed E-state index contributed by atoms with van der Waals surface area (Å²) in [5.41, 5.74) is 1.53. The molecule has 0 radical (unpaired) electrons. The summed E-state index contributed by atoms with van der Waals surface area (Å²) in [4.78, 5) is 25.0. The molecule has 0 bridgehead atoms. The number of aromatic nitrogens is 2. The molecule has 188 valence electrons. The second-order valence-electron chi connectivity index (χ2n) is 8.73. The summed E-state index contributed by atoms with van der Waals surface area (Å²) in [5, 5.41) is 0.565. The first-order valence-corrected chi connectivity index (χ1v) is 13.7. The van der Waals surface area contributed by atoms with Crippen LogP contribution in [0.25, 0.3) is 0 Å². The minimum Gasteiger partial charge on any atom is -0.437 e. The lowest BCUT2D eigenvalue weighted by molar-refractivity contribution is 0.223. The van der Waals surface area contributed by atoms with Gasteiger partial charge in [0.25, 0.3) is 0 Å². The lowest BCUT2D eigenvalue weighted by atomic mass is 10.1. The number of sulfonamides is 1. The number of nitrogens with zero attached hydrogens (tertiary/aromatic N) is 5. The van der Waals surface area contributed by atoms with Gasteiger partial charge in [-0.1, -0.05) is 23.7 Å². The summed E-state index contributed by atoms with van der Waals surface area (Å²) in [6.45, 7) is 1.56. The van der Waals surface area contributed by atoms with Gasteiger partial charge in [0.2, 0.25) is 15.9 Å². The van der Waals surface area contributed by atoms with Crippen molar-refractivity contribution in [2.24, 2.45) is 0 Å². The number of urea groups is 1. The number of anilines is 1. The quantitative estimate of drug-likeness (QED) is 0.432. The number of benzene rings is 2. The Morgan fingerprint density at radius 1 is 1.06 bits per heavy atom. The molecule has 0 unspecified atom stereocenters. The number of hydrogen-bond donors (Lipinski definition) is 0. The molecule has 11 heteroatoms. The van der Waals surface area contributed by atoms with E-state index in [0.717, 1.165) is 18.4 Å². The Hall–Kier alpha value is -3.21. The number of ether oxygens (including phenoxy) is 1. The van der Waals surface area contributed by atoms with Gasteiger partial charge in [0.05, 0.1) is 18.0 Å². The van der Waals surface area contributed by atoms with Crippen LogP contribution in [-0.4, -0.2) is 65.6 Å². The lowest BCUT2D eigenvalue weighted by Crippen LogP contribution is -2.38. The van der Waals surface area contributed by atoms with Crippen molar-refractivity contribution in [3.8, 4) is 11.6 Å². The lowest BCUT2D eigenvalue weighted by Gasteiger charge is -2.24. The van der Waals surface area contributed by atoms with Crippen molar-refractivity contribution in [3.05, 3.63) is 77.7 Å². The van der Waals surface area contributed by atoms with Crippen molar-refractivity contribution in [1.29, 1.82) is 0 Å². The standard InChI is InChI=1S/C25H26ClN5O4S/c26-20-6-8-21(9-7-20)31-23(19-4-3-5-22(16-19)35-24-17-27-10-11-28-24)18-29(25(31)32)14-15-36(33,34)30-12-1-2-13-30/h3-11,16-17,23H,1-2,12-15,18H2/t23-/m1/s1. The molecule has 2 saturated heterocycles. The van der Waals surface area contributed by atoms with Crippen LogP contribution in [0.5, 0.6) is 11.6 Å². The minimum absolute atomic E-state index is 0.101. The van der Waals surface area contributed by atoms with Crippen molar-refractivity contribution in [2.75, 3.05) is 36.8 Å².